The number of carbonyl (C=O) groups is 1. The summed E-state index contributed by atoms with van der Waals surface area (Å²) in [6.45, 7) is 9.66. The maximum Gasteiger partial charge on any atom is 0.174 e. The maximum atomic E-state index is 12.2. The summed E-state index contributed by atoms with van der Waals surface area (Å²) in [7, 11) is 2.15. The SMILES string of the molecule is CC(C)Sc1ccc(C(=O)CCN2CCN(C)CC2)s1. The van der Waals surface area contributed by atoms with Crippen molar-refractivity contribution in [2.24, 2.45) is 0 Å². The second-order valence-corrected chi connectivity index (χ2v) is 8.56. The molecule has 0 aromatic carbocycles. The first kappa shape index (κ1) is 16.0. The summed E-state index contributed by atoms with van der Waals surface area (Å²) in [5.74, 6) is 0.296. The van der Waals surface area contributed by atoms with Crippen LogP contribution in [0.1, 0.15) is 29.9 Å². The smallest absolute Gasteiger partial charge is 0.174 e. The normalized spacial score (nSPS) is 17.8. The van der Waals surface area contributed by atoms with Gasteiger partial charge < -0.3 is 9.80 Å². The van der Waals surface area contributed by atoms with Crippen molar-refractivity contribution in [3.05, 3.63) is 17.0 Å². The second-order valence-electron chi connectivity index (χ2n) is 5.60. The lowest BCUT2D eigenvalue weighted by Gasteiger charge is -2.32. The van der Waals surface area contributed by atoms with Gasteiger partial charge in [0.2, 0.25) is 0 Å². The Morgan fingerprint density at radius 1 is 1.30 bits per heavy atom. The average molecular weight is 313 g/mol. The van der Waals surface area contributed by atoms with Gasteiger partial charge in [-0.15, -0.1) is 23.1 Å². The fourth-order valence-electron chi connectivity index (χ4n) is 2.22. The molecule has 1 saturated heterocycles. The van der Waals surface area contributed by atoms with Crippen LogP contribution in [0, 0.1) is 0 Å². The molecule has 0 spiro atoms. The molecule has 1 aromatic heterocycles. The van der Waals surface area contributed by atoms with Gasteiger partial charge in [0.1, 0.15) is 0 Å². The number of thioether (sulfide) groups is 1. The molecule has 0 radical (unpaired) electrons. The molecule has 0 aliphatic carbocycles. The summed E-state index contributed by atoms with van der Waals surface area (Å²) in [5.41, 5.74) is 0. The number of likely N-dealkylation sites (N-methyl/N-ethyl adjacent to an activating group) is 1. The van der Waals surface area contributed by atoms with E-state index in [0.717, 1.165) is 37.6 Å². The molecule has 2 heterocycles. The summed E-state index contributed by atoms with van der Waals surface area (Å²) in [4.78, 5) is 17.9. The summed E-state index contributed by atoms with van der Waals surface area (Å²) in [6.07, 6.45) is 0.649. The number of hydrogen-bond acceptors (Lipinski definition) is 5. The molecule has 1 aliphatic heterocycles. The van der Waals surface area contributed by atoms with Gasteiger partial charge in [-0.3, -0.25) is 4.79 Å². The van der Waals surface area contributed by atoms with E-state index < -0.39 is 0 Å². The first-order chi connectivity index (χ1) is 9.54. The number of thiophene rings is 1. The monoisotopic (exact) mass is 312 g/mol. The predicted octanol–water partition coefficient (Wildman–Crippen LogP) is 3.07. The van der Waals surface area contributed by atoms with E-state index >= 15 is 0 Å². The second kappa shape index (κ2) is 7.59. The van der Waals surface area contributed by atoms with Crippen LogP contribution < -0.4 is 0 Å². The lowest BCUT2D eigenvalue weighted by molar-refractivity contribution is 0.0945. The summed E-state index contributed by atoms with van der Waals surface area (Å²) in [5, 5.41) is 0.571. The summed E-state index contributed by atoms with van der Waals surface area (Å²) < 4.78 is 1.25. The molecule has 5 heteroatoms. The zero-order valence-corrected chi connectivity index (χ0v) is 14.2. The zero-order chi connectivity index (χ0) is 14.5. The van der Waals surface area contributed by atoms with Gasteiger partial charge in [0.05, 0.1) is 9.09 Å². The molecule has 2 rings (SSSR count). The minimum Gasteiger partial charge on any atom is -0.304 e. The van der Waals surface area contributed by atoms with Crippen LogP contribution >= 0.6 is 23.1 Å². The van der Waals surface area contributed by atoms with E-state index in [9.17, 15) is 4.79 Å². The number of carbonyl (C=O) groups excluding carboxylic acids is 1. The molecule has 112 valence electrons. The quantitative estimate of drug-likeness (QED) is 0.595. The van der Waals surface area contributed by atoms with Crippen molar-refractivity contribution in [2.45, 2.75) is 29.7 Å². The van der Waals surface area contributed by atoms with Gasteiger partial charge in [-0.05, 0) is 19.2 Å². The van der Waals surface area contributed by atoms with Crippen molar-refractivity contribution < 1.29 is 4.79 Å². The van der Waals surface area contributed by atoms with Crippen LogP contribution in [0.5, 0.6) is 0 Å². The molecule has 1 fully saturated rings. The van der Waals surface area contributed by atoms with Crippen molar-refractivity contribution in [1.82, 2.24) is 9.80 Å². The van der Waals surface area contributed by atoms with E-state index in [0.29, 0.717) is 17.5 Å². The Morgan fingerprint density at radius 2 is 2.00 bits per heavy atom. The van der Waals surface area contributed by atoms with Crippen LogP contribution in [0.15, 0.2) is 16.3 Å². The molecule has 0 saturated carbocycles. The third kappa shape index (κ3) is 4.88. The Hall–Kier alpha value is -0.360. The molecule has 0 amide bonds. The molecule has 20 heavy (non-hydrogen) atoms. The fraction of sp³-hybridized carbons (Fsp3) is 0.667. The number of piperazine rings is 1. The number of hydrogen-bond donors (Lipinski definition) is 0. The lowest BCUT2D eigenvalue weighted by atomic mass is 10.2. The van der Waals surface area contributed by atoms with E-state index in [1.165, 1.54) is 4.21 Å². The van der Waals surface area contributed by atoms with Crippen molar-refractivity contribution in [1.29, 1.82) is 0 Å². The zero-order valence-electron chi connectivity index (χ0n) is 12.6. The minimum atomic E-state index is 0.296. The highest BCUT2D eigenvalue weighted by Crippen LogP contribution is 2.30. The highest BCUT2D eigenvalue weighted by molar-refractivity contribution is 8.01. The van der Waals surface area contributed by atoms with Gasteiger partial charge in [-0.2, -0.15) is 0 Å². The van der Waals surface area contributed by atoms with E-state index in [4.69, 9.17) is 0 Å². The first-order valence-electron chi connectivity index (χ1n) is 7.25. The van der Waals surface area contributed by atoms with Gasteiger partial charge in [0.25, 0.3) is 0 Å². The summed E-state index contributed by atoms with van der Waals surface area (Å²) >= 11 is 3.48. The van der Waals surface area contributed by atoms with Crippen LogP contribution in [0.2, 0.25) is 0 Å². The van der Waals surface area contributed by atoms with Crippen molar-refractivity contribution in [3.8, 4) is 0 Å². The Kier molecular flexibility index (Phi) is 6.08. The van der Waals surface area contributed by atoms with E-state index in [1.54, 1.807) is 11.3 Å². The maximum absolute atomic E-state index is 12.2. The Morgan fingerprint density at radius 3 is 2.65 bits per heavy atom. The number of rotatable bonds is 6. The molecular formula is C15H24N2OS2. The van der Waals surface area contributed by atoms with Crippen LogP contribution in [0.3, 0.4) is 0 Å². The van der Waals surface area contributed by atoms with Gasteiger partial charge in [0.15, 0.2) is 5.78 Å². The molecule has 0 unspecified atom stereocenters. The average Bonchev–Trinajstić information content (AvgIpc) is 2.85. The topological polar surface area (TPSA) is 23.6 Å². The number of ketones is 1. The third-order valence-electron chi connectivity index (χ3n) is 3.46. The third-order valence-corrected chi connectivity index (χ3v) is 5.76. The molecule has 1 aliphatic rings. The standard InChI is InChI=1S/C15H24N2OS2/c1-12(2)19-15-5-4-14(20-15)13(18)6-7-17-10-8-16(3)9-11-17/h4-5,12H,6-11H2,1-3H3. The van der Waals surface area contributed by atoms with Gasteiger partial charge >= 0.3 is 0 Å². The van der Waals surface area contributed by atoms with Crippen molar-refractivity contribution in [3.63, 3.8) is 0 Å². The Bertz CT molecular complexity index is 437. The van der Waals surface area contributed by atoms with Gasteiger partial charge in [-0.25, -0.2) is 0 Å². The summed E-state index contributed by atoms with van der Waals surface area (Å²) in [6, 6.07) is 4.07. The van der Waals surface area contributed by atoms with Crippen LogP contribution in [-0.2, 0) is 0 Å². The van der Waals surface area contributed by atoms with E-state index in [2.05, 4.69) is 36.8 Å². The largest absolute Gasteiger partial charge is 0.304 e. The van der Waals surface area contributed by atoms with Crippen LogP contribution in [0.4, 0.5) is 0 Å². The molecule has 1 aromatic rings. The number of Topliss-reactive ketones (excluding diaryl/α,β-unsaturated/α-hetero) is 1. The first-order valence-corrected chi connectivity index (χ1v) is 8.95. The minimum absolute atomic E-state index is 0.296. The molecule has 0 N–H and O–H groups in total. The van der Waals surface area contributed by atoms with Crippen molar-refractivity contribution in [2.75, 3.05) is 39.8 Å². The van der Waals surface area contributed by atoms with Crippen LogP contribution in [0.25, 0.3) is 0 Å². The molecule has 3 nitrogen and oxygen atoms in total. The fourth-order valence-corrected chi connectivity index (χ4v) is 4.58. The number of nitrogens with zero attached hydrogens (tertiary/aromatic N) is 2. The van der Waals surface area contributed by atoms with E-state index in [1.807, 2.05) is 17.8 Å². The molecular weight excluding hydrogens is 288 g/mol. The Labute approximate surface area is 130 Å². The van der Waals surface area contributed by atoms with Gasteiger partial charge in [0, 0.05) is 44.4 Å². The van der Waals surface area contributed by atoms with Gasteiger partial charge in [-0.1, -0.05) is 13.8 Å². The van der Waals surface area contributed by atoms with Crippen molar-refractivity contribution >= 4 is 28.9 Å². The molecule has 0 bridgehead atoms. The highest BCUT2D eigenvalue weighted by atomic mass is 32.2. The lowest BCUT2D eigenvalue weighted by Crippen LogP contribution is -2.44. The van der Waals surface area contributed by atoms with Crippen LogP contribution in [-0.4, -0.2) is 60.6 Å². The molecule has 0 atom stereocenters. The van der Waals surface area contributed by atoms with E-state index in [-0.39, 0.29) is 0 Å². The Balaban J connectivity index is 1.78. The highest BCUT2D eigenvalue weighted by Gasteiger charge is 2.16. The predicted molar refractivity (Wildman–Crippen MR) is 88.2 cm³/mol.